The summed E-state index contributed by atoms with van der Waals surface area (Å²) in [6.45, 7) is 0. The van der Waals surface area contributed by atoms with Crippen molar-refractivity contribution < 1.29 is 0 Å². The third-order valence-electron chi connectivity index (χ3n) is 8.82. The lowest BCUT2D eigenvalue weighted by atomic mass is 9.99. The summed E-state index contributed by atoms with van der Waals surface area (Å²) in [4.78, 5) is 13.9. The molecule has 0 aliphatic rings. The van der Waals surface area contributed by atoms with Gasteiger partial charge in [0.15, 0.2) is 0 Å². The molecule has 216 valence electrons. The summed E-state index contributed by atoms with van der Waals surface area (Å²) in [5.74, 6) is 0.902. The first kappa shape index (κ1) is 26.2. The minimum atomic E-state index is 0.902. The number of imidazole rings is 1. The molecule has 0 atom stereocenters. The zero-order valence-electron chi connectivity index (χ0n) is 24.9. The molecule has 1 N–H and O–H groups in total. The number of nitrogens with one attached hydrogen (secondary N) is 1. The molecule has 0 spiro atoms. The van der Waals surface area contributed by atoms with Gasteiger partial charge in [0.05, 0.1) is 22.2 Å². The average Bonchev–Trinajstić information content (AvgIpc) is 3.71. The van der Waals surface area contributed by atoms with Crippen molar-refractivity contribution in [1.29, 1.82) is 0 Å². The van der Waals surface area contributed by atoms with Gasteiger partial charge >= 0.3 is 0 Å². The predicted molar refractivity (Wildman–Crippen MR) is 190 cm³/mol. The number of fused-ring (bicyclic) bond motifs is 4. The summed E-state index contributed by atoms with van der Waals surface area (Å²) < 4.78 is 2.29. The molecule has 0 fully saturated rings. The Hall–Kier alpha value is -6.26. The summed E-state index contributed by atoms with van der Waals surface area (Å²) in [7, 11) is 0. The maximum atomic E-state index is 5.44. The molecule has 0 unspecified atom stereocenters. The van der Waals surface area contributed by atoms with Crippen LogP contribution in [0.25, 0.3) is 83.4 Å². The van der Waals surface area contributed by atoms with Gasteiger partial charge in [0.2, 0.25) is 0 Å². The van der Waals surface area contributed by atoms with Gasteiger partial charge in [0, 0.05) is 44.9 Å². The van der Waals surface area contributed by atoms with E-state index in [4.69, 9.17) is 9.97 Å². The molecule has 4 nitrogen and oxygen atoms in total. The first-order valence-electron chi connectivity index (χ1n) is 15.5. The predicted octanol–water partition coefficient (Wildman–Crippen LogP) is 10.7. The minimum Gasteiger partial charge on any atom is -0.354 e. The molecule has 0 aliphatic carbocycles. The highest BCUT2D eigenvalue weighted by atomic mass is 15.1. The van der Waals surface area contributed by atoms with Gasteiger partial charge in [0.25, 0.3) is 0 Å². The molecule has 0 saturated heterocycles. The highest BCUT2D eigenvalue weighted by molar-refractivity contribution is 6.12. The number of aromatic nitrogens is 4. The fourth-order valence-electron chi connectivity index (χ4n) is 6.66. The topological polar surface area (TPSA) is 46.5 Å². The van der Waals surface area contributed by atoms with Crippen LogP contribution in [0.4, 0.5) is 0 Å². The van der Waals surface area contributed by atoms with Crippen molar-refractivity contribution in [2.75, 3.05) is 0 Å². The number of pyridine rings is 1. The first-order valence-corrected chi connectivity index (χ1v) is 15.5. The highest BCUT2D eigenvalue weighted by Gasteiger charge is 2.20. The smallest absolute Gasteiger partial charge is 0.147 e. The molecule has 3 aromatic heterocycles. The van der Waals surface area contributed by atoms with Gasteiger partial charge in [-0.2, -0.15) is 0 Å². The molecule has 0 bridgehead atoms. The normalized spacial score (nSPS) is 11.5. The Morgan fingerprint density at radius 3 is 2.09 bits per heavy atom. The van der Waals surface area contributed by atoms with Crippen LogP contribution in [0, 0.1) is 0 Å². The van der Waals surface area contributed by atoms with E-state index in [2.05, 4.69) is 161 Å². The molecule has 46 heavy (non-hydrogen) atoms. The van der Waals surface area contributed by atoms with E-state index in [0.29, 0.717) is 0 Å². The highest BCUT2D eigenvalue weighted by Crippen LogP contribution is 2.39. The second kappa shape index (κ2) is 10.7. The molecule has 6 aromatic carbocycles. The van der Waals surface area contributed by atoms with Crippen LogP contribution in [0.15, 0.2) is 164 Å². The molecular weight excluding hydrogens is 560 g/mol. The Labute approximate surface area is 266 Å². The van der Waals surface area contributed by atoms with Crippen LogP contribution < -0.4 is 0 Å². The Bertz CT molecular complexity index is 2520. The van der Waals surface area contributed by atoms with Gasteiger partial charge in [-0.25, -0.2) is 4.98 Å². The maximum Gasteiger partial charge on any atom is 0.147 e. The molecule has 9 aromatic rings. The van der Waals surface area contributed by atoms with Crippen LogP contribution in [0.1, 0.15) is 0 Å². The summed E-state index contributed by atoms with van der Waals surface area (Å²) in [5, 5.41) is 2.40. The van der Waals surface area contributed by atoms with Gasteiger partial charge in [-0.1, -0.05) is 109 Å². The lowest BCUT2D eigenvalue weighted by molar-refractivity contribution is 1.10. The van der Waals surface area contributed by atoms with Gasteiger partial charge in [0.1, 0.15) is 5.82 Å². The largest absolute Gasteiger partial charge is 0.354 e. The molecule has 0 saturated carbocycles. The number of benzene rings is 6. The zero-order chi connectivity index (χ0) is 30.5. The van der Waals surface area contributed by atoms with Gasteiger partial charge in [-0.05, 0) is 65.2 Å². The third kappa shape index (κ3) is 4.31. The van der Waals surface area contributed by atoms with Crippen LogP contribution in [0.3, 0.4) is 0 Å². The maximum absolute atomic E-state index is 5.44. The summed E-state index contributed by atoms with van der Waals surface area (Å²) in [6, 6.07) is 55.3. The third-order valence-corrected chi connectivity index (χ3v) is 8.82. The van der Waals surface area contributed by atoms with E-state index in [1.807, 2.05) is 12.3 Å². The lowest BCUT2D eigenvalue weighted by Crippen LogP contribution is -1.97. The van der Waals surface area contributed by atoms with Crippen LogP contribution in [0.2, 0.25) is 0 Å². The summed E-state index contributed by atoms with van der Waals surface area (Å²) >= 11 is 0. The van der Waals surface area contributed by atoms with Gasteiger partial charge in [-0.15, -0.1) is 0 Å². The van der Waals surface area contributed by atoms with Gasteiger partial charge < -0.3 is 4.98 Å². The Kier molecular flexibility index (Phi) is 6.10. The number of hydrogen-bond donors (Lipinski definition) is 1. The Balaban J connectivity index is 1.24. The fraction of sp³-hybridized carbons (Fsp3) is 0. The van der Waals surface area contributed by atoms with Crippen molar-refractivity contribution in [3.05, 3.63) is 164 Å². The van der Waals surface area contributed by atoms with Crippen LogP contribution >= 0.6 is 0 Å². The number of para-hydroxylation sites is 4. The van der Waals surface area contributed by atoms with E-state index < -0.39 is 0 Å². The molecule has 0 aliphatic heterocycles. The number of H-pyrrole nitrogens is 1. The van der Waals surface area contributed by atoms with E-state index in [0.717, 1.165) is 67.1 Å². The molecule has 3 heterocycles. The van der Waals surface area contributed by atoms with Gasteiger partial charge in [-0.3, -0.25) is 9.55 Å². The van der Waals surface area contributed by atoms with Crippen LogP contribution in [0.5, 0.6) is 0 Å². The summed E-state index contributed by atoms with van der Waals surface area (Å²) in [6.07, 6.45) is 1.89. The number of hydrogen-bond acceptors (Lipinski definition) is 2. The monoisotopic (exact) mass is 588 g/mol. The number of nitrogens with zero attached hydrogens (tertiary/aromatic N) is 3. The Morgan fingerprint density at radius 1 is 0.500 bits per heavy atom. The van der Waals surface area contributed by atoms with Crippen molar-refractivity contribution in [3.8, 4) is 50.6 Å². The van der Waals surface area contributed by atoms with E-state index in [9.17, 15) is 0 Å². The van der Waals surface area contributed by atoms with Crippen molar-refractivity contribution >= 4 is 32.8 Å². The minimum absolute atomic E-state index is 0.902. The average molecular weight is 589 g/mol. The summed E-state index contributed by atoms with van der Waals surface area (Å²) in [5.41, 5.74) is 12.9. The van der Waals surface area contributed by atoms with E-state index in [1.165, 1.54) is 16.3 Å². The second-order valence-corrected chi connectivity index (χ2v) is 11.6. The van der Waals surface area contributed by atoms with Crippen LogP contribution in [-0.2, 0) is 0 Å². The number of aromatic amines is 1. The zero-order valence-corrected chi connectivity index (χ0v) is 24.9. The quantitative estimate of drug-likeness (QED) is 0.217. The Morgan fingerprint density at radius 2 is 1.20 bits per heavy atom. The van der Waals surface area contributed by atoms with E-state index >= 15 is 0 Å². The van der Waals surface area contributed by atoms with Crippen molar-refractivity contribution in [1.82, 2.24) is 19.5 Å². The van der Waals surface area contributed by atoms with Crippen molar-refractivity contribution in [3.63, 3.8) is 0 Å². The molecule has 0 radical (unpaired) electrons. The van der Waals surface area contributed by atoms with Crippen molar-refractivity contribution in [2.45, 2.75) is 0 Å². The standard InChI is InChI=1S/C42H28N4/c1-3-12-28(13-4-1)29-24-25-43-38(27-29)31-15-9-14-30(26-31)33-19-11-23-39-41(33)45-42(46(39)32-16-5-2-6-17-32)36-21-10-20-35-34-18-7-8-22-37(34)44-40(35)36/h1-27,44H. The molecule has 4 heteroatoms. The molecular formula is C42H28N4. The number of rotatable bonds is 5. The SMILES string of the molecule is c1ccc(-c2ccnc(-c3cccc(-c4cccc5c4nc(-c4cccc6c4[nH]c4ccccc46)n5-c4ccccc4)c3)c2)cc1. The molecule has 0 amide bonds. The van der Waals surface area contributed by atoms with Crippen LogP contribution in [-0.4, -0.2) is 19.5 Å². The lowest BCUT2D eigenvalue weighted by Gasteiger charge is -2.11. The van der Waals surface area contributed by atoms with E-state index in [1.54, 1.807) is 0 Å². The second-order valence-electron chi connectivity index (χ2n) is 11.6. The van der Waals surface area contributed by atoms with Crippen molar-refractivity contribution in [2.24, 2.45) is 0 Å². The fourth-order valence-corrected chi connectivity index (χ4v) is 6.66. The van der Waals surface area contributed by atoms with E-state index in [-0.39, 0.29) is 0 Å². The first-order chi connectivity index (χ1) is 22.8. The molecule has 9 rings (SSSR count).